The third kappa shape index (κ3) is 3.76. The number of rotatable bonds is 6. The Kier molecular flexibility index (Phi) is 5.62. The Balaban J connectivity index is 2.24. The minimum Gasteiger partial charge on any atom is -0.391 e. The van der Waals surface area contributed by atoms with Gasteiger partial charge in [0.15, 0.2) is 5.13 Å². The van der Waals surface area contributed by atoms with Crippen molar-refractivity contribution in [3.8, 4) is 0 Å². The molecule has 1 heterocycles. The van der Waals surface area contributed by atoms with Crippen LogP contribution in [0.15, 0.2) is 24.3 Å². The van der Waals surface area contributed by atoms with Gasteiger partial charge in [-0.15, -0.1) is 0 Å². The van der Waals surface area contributed by atoms with Crippen molar-refractivity contribution < 1.29 is 5.11 Å². The third-order valence-electron chi connectivity index (χ3n) is 3.61. The summed E-state index contributed by atoms with van der Waals surface area (Å²) in [7, 11) is 2.03. The number of hydrogen-bond acceptors (Lipinski definition) is 4. The molecule has 0 aliphatic carbocycles. The van der Waals surface area contributed by atoms with Gasteiger partial charge in [-0.3, -0.25) is 0 Å². The van der Waals surface area contributed by atoms with Gasteiger partial charge in [0.1, 0.15) is 0 Å². The second kappa shape index (κ2) is 7.25. The highest BCUT2D eigenvalue weighted by Gasteiger charge is 2.18. The molecule has 1 aromatic heterocycles. The zero-order valence-corrected chi connectivity index (χ0v) is 14.2. The molecule has 1 unspecified atom stereocenters. The predicted molar refractivity (Wildman–Crippen MR) is 90.3 cm³/mol. The molecule has 114 valence electrons. The number of nitrogens with zero attached hydrogens (tertiary/aromatic N) is 2. The molecule has 2 rings (SSSR count). The minimum atomic E-state index is 0.0619. The fraction of sp³-hybridized carbons (Fsp3) is 0.438. The van der Waals surface area contributed by atoms with Crippen molar-refractivity contribution in [2.24, 2.45) is 0 Å². The Morgan fingerprint density at radius 2 is 2.19 bits per heavy atom. The first-order valence-corrected chi connectivity index (χ1v) is 8.34. The molecule has 3 nitrogen and oxygen atoms in total. The Labute approximate surface area is 135 Å². The third-order valence-corrected chi connectivity index (χ3v) is 5.02. The van der Waals surface area contributed by atoms with Crippen LogP contribution in [0.3, 0.4) is 0 Å². The maximum atomic E-state index is 9.47. The van der Waals surface area contributed by atoms with Crippen LogP contribution in [-0.4, -0.2) is 17.1 Å². The Morgan fingerprint density at radius 3 is 2.81 bits per heavy atom. The molecular formula is C16H21ClN2OS. The highest BCUT2D eigenvalue weighted by Crippen LogP contribution is 2.32. The minimum absolute atomic E-state index is 0.0619. The number of thiazole rings is 1. The molecule has 0 fully saturated rings. The number of halogens is 1. The average molecular weight is 325 g/mol. The molecule has 1 N–H and O–H groups in total. The lowest BCUT2D eigenvalue weighted by atomic mass is 10.1. The summed E-state index contributed by atoms with van der Waals surface area (Å²) in [5.74, 6) is 0. The van der Waals surface area contributed by atoms with E-state index >= 15 is 0 Å². The van der Waals surface area contributed by atoms with E-state index in [-0.39, 0.29) is 12.6 Å². The fourth-order valence-electron chi connectivity index (χ4n) is 2.23. The lowest BCUT2D eigenvalue weighted by Crippen LogP contribution is -2.21. The molecule has 1 aromatic carbocycles. The second-order valence-corrected chi connectivity index (χ2v) is 6.61. The Morgan fingerprint density at radius 1 is 1.43 bits per heavy atom. The molecule has 2 aromatic rings. The summed E-state index contributed by atoms with van der Waals surface area (Å²) >= 11 is 7.63. The molecular weight excluding hydrogens is 304 g/mol. The summed E-state index contributed by atoms with van der Waals surface area (Å²) in [6.45, 7) is 4.32. The van der Waals surface area contributed by atoms with E-state index in [1.165, 1.54) is 0 Å². The van der Waals surface area contributed by atoms with E-state index < -0.39 is 0 Å². The van der Waals surface area contributed by atoms with E-state index in [0.717, 1.165) is 39.1 Å². The summed E-state index contributed by atoms with van der Waals surface area (Å²) in [4.78, 5) is 7.79. The van der Waals surface area contributed by atoms with Crippen LogP contribution >= 0.6 is 22.9 Å². The topological polar surface area (TPSA) is 36.4 Å². The van der Waals surface area contributed by atoms with Gasteiger partial charge in [-0.2, -0.15) is 0 Å². The van der Waals surface area contributed by atoms with Crippen molar-refractivity contribution in [3.63, 3.8) is 0 Å². The fourth-order valence-corrected chi connectivity index (χ4v) is 3.44. The summed E-state index contributed by atoms with van der Waals surface area (Å²) < 4.78 is 0. The maximum absolute atomic E-state index is 9.47. The Bertz CT molecular complexity index is 600. The number of aliphatic hydroxyl groups excluding tert-OH is 1. The molecule has 0 saturated carbocycles. The number of hydrogen-bond donors (Lipinski definition) is 1. The monoisotopic (exact) mass is 324 g/mol. The van der Waals surface area contributed by atoms with Crippen molar-refractivity contribution in [2.75, 3.05) is 11.9 Å². The van der Waals surface area contributed by atoms with E-state index in [9.17, 15) is 5.11 Å². The highest BCUT2D eigenvalue weighted by atomic mass is 35.5. The van der Waals surface area contributed by atoms with Crippen LogP contribution in [0.4, 0.5) is 5.13 Å². The quantitative estimate of drug-likeness (QED) is 0.853. The molecule has 0 spiro atoms. The van der Waals surface area contributed by atoms with Crippen LogP contribution in [0.1, 0.15) is 42.4 Å². The molecule has 0 aliphatic heterocycles. The Hall–Kier alpha value is -1.10. The van der Waals surface area contributed by atoms with Crippen molar-refractivity contribution in [3.05, 3.63) is 45.4 Å². The van der Waals surface area contributed by atoms with Crippen LogP contribution < -0.4 is 4.90 Å². The van der Waals surface area contributed by atoms with Gasteiger partial charge in [0, 0.05) is 12.1 Å². The van der Waals surface area contributed by atoms with E-state index in [1.807, 2.05) is 25.2 Å². The molecule has 0 amide bonds. The zero-order valence-electron chi connectivity index (χ0n) is 12.6. The van der Waals surface area contributed by atoms with Gasteiger partial charge in [-0.1, -0.05) is 48.4 Å². The van der Waals surface area contributed by atoms with Gasteiger partial charge in [-0.05, 0) is 31.0 Å². The average Bonchev–Trinajstić information content (AvgIpc) is 2.89. The largest absolute Gasteiger partial charge is 0.391 e. The number of benzene rings is 1. The standard InChI is InChI=1S/C16H21ClN2OS/c1-4-6-14-15(10-20)21-16(18-14)19(3)11(2)12-7-5-8-13(17)9-12/h5,7-9,11,20H,4,6,10H2,1-3H3. The number of aromatic nitrogens is 1. The molecule has 5 heteroatoms. The molecule has 21 heavy (non-hydrogen) atoms. The normalized spacial score (nSPS) is 12.4. The van der Waals surface area contributed by atoms with E-state index in [4.69, 9.17) is 16.6 Å². The number of aliphatic hydroxyl groups is 1. The van der Waals surface area contributed by atoms with Crippen LogP contribution in [-0.2, 0) is 13.0 Å². The first kappa shape index (κ1) is 16.3. The first-order valence-electron chi connectivity index (χ1n) is 7.14. The summed E-state index contributed by atoms with van der Waals surface area (Å²) in [5, 5.41) is 11.2. The smallest absolute Gasteiger partial charge is 0.186 e. The first-order chi connectivity index (χ1) is 10.1. The van der Waals surface area contributed by atoms with E-state index in [1.54, 1.807) is 11.3 Å². The zero-order chi connectivity index (χ0) is 15.4. The molecule has 0 aliphatic rings. The highest BCUT2D eigenvalue weighted by molar-refractivity contribution is 7.15. The summed E-state index contributed by atoms with van der Waals surface area (Å²) in [5.41, 5.74) is 2.17. The van der Waals surface area contributed by atoms with Crippen LogP contribution in [0, 0.1) is 0 Å². The molecule has 1 atom stereocenters. The van der Waals surface area contributed by atoms with Crippen molar-refractivity contribution in [1.82, 2.24) is 4.98 Å². The van der Waals surface area contributed by atoms with Gasteiger partial charge in [0.2, 0.25) is 0 Å². The van der Waals surface area contributed by atoms with Gasteiger partial charge in [-0.25, -0.2) is 4.98 Å². The molecule has 0 saturated heterocycles. The predicted octanol–water partition coefficient (Wildman–Crippen LogP) is 4.44. The van der Waals surface area contributed by atoms with Gasteiger partial charge in [0.05, 0.1) is 23.2 Å². The van der Waals surface area contributed by atoms with Crippen molar-refractivity contribution in [1.29, 1.82) is 0 Å². The lowest BCUT2D eigenvalue weighted by molar-refractivity contribution is 0.284. The number of anilines is 1. The lowest BCUT2D eigenvalue weighted by Gasteiger charge is -2.24. The SMILES string of the molecule is CCCc1nc(N(C)C(C)c2cccc(Cl)c2)sc1CO. The van der Waals surface area contributed by atoms with E-state index in [2.05, 4.69) is 24.8 Å². The summed E-state index contributed by atoms with van der Waals surface area (Å²) in [6.07, 6.45) is 1.94. The summed E-state index contributed by atoms with van der Waals surface area (Å²) in [6, 6.07) is 8.07. The van der Waals surface area contributed by atoms with E-state index in [0.29, 0.717) is 0 Å². The van der Waals surface area contributed by atoms with Crippen LogP contribution in [0.5, 0.6) is 0 Å². The molecule has 0 radical (unpaired) electrons. The van der Waals surface area contributed by atoms with Crippen LogP contribution in [0.25, 0.3) is 0 Å². The van der Waals surface area contributed by atoms with Crippen LogP contribution in [0.2, 0.25) is 5.02 Å². The maximum Gasteiger partial charge on any atom is 0.186 e. The second-order valence-electron chi connectivity index (χ2n) is 5.12. The van der Waals surface area contributed by atoms with Crippen molar-refractivity contribution >= 4 is 28.1 Å². The molecule has 0 bridgehead atoms. The number of aryl methyl sites for hydroxylation is 1. The van der Waals surface area contributed by atoms with Crippen molar-refractivity contribution in [2.45, 2.75) is 39.3 Å². The van der Waals surface area contributed by atoms with Gasteiger partial charge >= 0.3 is 0 Å². The van der Waals surface area contributed by atoms with Gasteiger partial charge < -0.3 is 10.0 Å². The van der Waals surface area contributed by atoms with Gasteiger partial charge in [0.25, 0.3) is 0 Å².